The van der Waals surface area contributed by atoms with Gasteiger partial charge in [-0.25, -0.2) is 8.42 Å². The maximum atomic E-state index is 12.6. The smallest absolute Gasteiger partial charge is 0.255 e. The minimum Gasteiger partial charge on any atom is -0.497 e. The zero-order valence-corrected chi connectivity index (χ0v) is 16.1. The molecule has 1 aliphatic heterocycles. The van der Waals surface area contributed by atoms with Crippen molar-refractivity contribution in [3.05, 3.63) is 48.0 Å². The molecular formula is C19H22N2O5S. The van der Waals surface area contributed by atoms with E-state index >= 15 is 0 Å². The van der Waals surface area contributed by atoms with Crippen LogP contribution in [-0.2, 0) is 10.0 Å². The number of sulfonamides is 1. The van der Waals surface area contributed by atoms with E-state index in [0.717, 1.165) is 12.8 Å². The summed E-state index contributed by atoms with van der Waals surface area (Å²) in [5, 5.41) is 2.76. The van der Waals surface area contributed by atoms with Gasteiger partial charge in [0.25, 0.3) is 5.91 Å². The third kappa shape index (κ3) is 4.06. The third-order valence-corrected chi connectivity index (χ3v) is 6.39. The maximum absolute atomic E-state index is 12.6. The van der Waals surface area contributed by atoms with Gasteiger partial charge in [-0.2, -0.15) is 4.31 Å². The standard InChI is InChI=1S/C19H22N2O5S/c1-25-15-7-10-18(26-2)17(13-15)20-19(22)14-5-8-16(9-6-14)27(23,24)21-11-3-4-12-21/h5-10,13H,3-4,11-12H2,1-2H3,(H,20,22). The highest BCUT2D eigenvalue weighted by Crippen LogP contribution is 2.29. The van der Waals surface area contributed by atoms with Gasteiger partial charge in [0, 0.05) is 24.7 Å². The van der Waals surface area contributed by atoms with Crippen LogP contribution < -0.4 is 14.8 Å². The van der Waals surface area contributed by atoms with Crippen LogP contribution in [0.4, 0.5) is 5.69 Å². The maximum Gasteiger partial charge on any atom is 0.255 e. The Hall–Kier alpha value is -2.58. The molecule has 1 amide bonds. The van der Waals surface area contributed by atoms with Crippen LogP contribution in [0.25, 0.3) is 0 Å². The van der Waals surface area contributed by atoms with E-state index in [1.165, 1.54) is 42.8 Å². The van der Waals surface area contributed by atoms with Crippen molar-refractivity contribution in [1.29, 1.82) is 0 Å². The molecule has 27 heavy (non-hydrogen) atoms. The van der Waals surface area contributed by atoms with Crippen LogP contribution >= 0.6 is 0 Å². The summed E-state index contributed by atoms with van der Waals surface area (Å²) in [6.45, 7) is 1.08. The second-order valence-corrected chi connectivity index (χ2v) is 8.09. The summed E-state index contributed by atoms with van der Waals surface area (Å²) in [7, 11) is -0.451. The molecule has 2 aromatic rings. The fraction of sp³-hybridized carbons (Fsp3) is 0.316. The molecule has 1 fully saturated rings. The van der Waals surface area contributed by atoms with Gasteiger partial charge in [0.2, 0.25) is 10.0 Å². The summed E-state index contributed by atoms with van der Waals surface area (Å²) >= 11 is 0. The van der Waals surface area contributed by atoms with E-state index < -0.39 is 10.0 Å². The van der Waals surface area contributed by atoms with Crippen LogP contribution in [0.3, 0.4) is 0 Å². The van der Waals surface area contributed by atoms with Crippen molar-refractivity contribution >= 4 is 21.6 Å². The highest BCUT2D eigenvalue weighted by molar-refractivity contribution is 7.89. The first kappa shape index (κ1) is 19.2. The van der Waals surface area contributed by atoms with Crippen LogP contribution in [0.5, 0.6) is 11.5 Å². The molecule has 0 atom stereocenters. The molecule has 0 aliphatic carbocycles. The van der Waals surface area contributed by atoms with Crippen LogP contribution in [0.2, 0.25) is 0 Å². The lowest BCUT2D eigenvalue weighted by Crippen LogP contribution is -2.27. The van der Waals surface area contributed by atoms with Gasteiger partial charge in [-0.05, 0) is 49.2 Å². The average molecular weight is 390 g/mol. The highest BCUT2D eigenvalue weighted by atomic mass is 32.2. The number of hydrogen-bond acceptors (Lipinski definition) is 5. The Morgan fingerprint density at radius 2 is 1.67 bits per heavy atom. The van der Waals surface area contributed by atoms with E-state index in [2.05, 4.69) is 5.32 Å². The van der Waals surface area contributed by atoms with Gasteiger partial charge in [-0.3, -0.25) is 4.79 Å². The van der Waals surface area contributed by atoms with Gasteiger partial charge in [0.05, 0.1) is 24.8 Å². The van der Waals surface area contributed by atoms with Crippen LogP contribution in [0, 0.1) is 0 Å². The van der Waals surface area contributed by atoms with Gasteiger partial charge >= 0.3 is 0 Å². The lowest BCUT2D eigenvalue weighted by atomic mass is 10.2. The number of amides is 1. The Labute approximate surface area is 158 Å². The lowest BCUT2D eigenvalue weighted by Gasteiger charge is -2.15. The Bertz CT molecular complexity index is 920. The van der Waals surface area contributed by atoms with E-state index in [1.807, 2.05) is 0 Å². The van der Waals surface area contributed by atoms with E-state index in [4.69, 9.17) is 9.47 Å². The summed E-state index contributed by atoms with van der Waals surface area (Å²) in [6, 6.07) is 11.0. The van der Waals surface area contributed by atoms with Crippen molar-refractivity contribution in [1.82, 2.24) is 4.31 Å². The third-order valence-electron chi connectivity index (χ3n) is 4.47. The molecule has 0 aromatic heterocycles. The minimum atomic E-state index is -3.49. The number of carbonyl (C=O) groups excluding carboxylic acids is 1. The second kappa shape index (κ2) is 7.98. The number of carbonyl (C=O) groups is 1. The average Bonchev–Trinajstić information content (AvgIpc) is 3.23. The SMILES string of the molecule is COc1ccc(OC)c(NC(=O)c2ccc(S(=O)(=O)N3CCCC3)cc2)c1. The van der Waals surface area contributed by atoms with Crippen molar-refractivity contribution in [3.63, 3.8) is 0 Å². The van der Waals surface area contributed by atoms with Crippen molar-refractivity contribution in [3.8, 4) is 11.5 Å². The Morgan fingerprint density at radius 1 is 1.00 bits per heavy atom. The molecule has 0 bridgehead atoms. The predicted molar refractivity (Wildman–Crippen MR) is 102 cm³/mol. The molecule has 2 aromatic carbocycles. The molecular weight excluding hydrogens is 368 g/mol. The van der Waals surface area contributed by atoms with Crippen LogP contribution in [-0.4, -0.2) is 45.9 Å². The predicted octanol–water partition coefficient (Wildman–Crippen LogP) is 2.74. The topological polar surface area (TPSA) is 84.9 Å². The molecule has 3 rings (SSSR count). The zero-order valence-electron chi connectivity index (χ0n) is 15.3. The molecule has 144 valence electrons. The van der Waals surface area contributed by atoms with Gasteiger partial charge in [-0.15, -0.1) is 0 Å². The van der Waals surface area contributed by atoms with Crippen LogP contribution in [0.15, 0.2) is 47.4 Å². The fourth-order valence-electron chi connectivity index (χ4n) is 2.96. The van der Waals surface area contributed by atoms with Gasteiger partial charge < -0.3 is 14.8 Å². The van der Waals surface area contributed by atoms with Gasteiger partial charge in [-0.1, -0.05) is 0 Å². The molecule has 1 saturated heterocycles. The molecule has 8 heteroatoms. The summed E-state index contributed by atoms with van der Waals surface area (Å²) in [5.41, 5.74) is 0.816. The molecule has 0 radical (unpaired) electrons. The molecule has 7 nitrogen and oxygen atoms in total. The largest absolute Gasteiger partial charge is 0.497 e. The van der Waals surface area contributed by atoms with Gasteiger partial charge in [0.1, 0.15) is 11.5 Å². The molecule has 0 unspecified atom stereocenters. The number of ether oxygens (including phenoxy) is 2. The molecule has 1 aliphatic rings. The number of rotatable bonds is 6. The zero-order chi connectivity index (χ0) is 19.4. The first-order valence-corrected chi connectivity index (χ1v) is 10.0. The first-order valence-electron chi connectivity index (χ1n) is 8.59. The second-order valence-electron chi connectivity index (χ2n) is 6.16. The highest BCUT2D eigenvalue weighted by Gasteiger charge is 2.27. The minimum absolute atomic E-state index is 0.194. The van der Waals surface area contributed by atoms with E-state index in [-0.39, 0.29) is 10.8 Å². The monoisotopic (exact) mass is 390 g/mol. The molecule has 1 heterocycles. The molecule has 1 N–H and O–H groups in total. The van der Waals surface area contributed by atoms with E-state index in [1.54, 1.807) is 18.2 Å². The number of methoxy groups -OCH3 is 2. The first-order chi connectivity index (χ1) is 13.0. The number of nitrogens with one attached hydrogen (secondary N) is 1. The summed E-state index contributed by atoms with van der Waals surface area (Å²) in [6.07, 6.45) is 1.75. The molecule has 0 spiro atoms. The summed E-state index contributed by atoms with van der Waals surface area (Å²) < 4.78 is 37.0. The van der Waals surface area contributed by atoms with Crippen molar-refractivity contribution < 1.29 is 22.7 Å². The van der Waals surface area contributed by atoms with Gasteiger partial charge in [0.15, 0.2) is 0 Å². The normalized spacial score (nSPS) is 14.7. The quantitative estimate of drug-likeness (QED) is 0.820. The van der Waals surface area contributed by atoms with E-state index in [9.17, 15) is 13.2 Å². The summed E-state index contributed by atoms with van der Waals surface area (Å²) in [4.78, 5) is 12.7. The Kier molecular flexibility index (Phi) is 5.67. The van der Waals surface area contributed by atoms with Crippen LogP contribution in [0.1, 0.15) is 23.2 Å². The van der Waals surface area contributed by atoms with Crippen molar-refractivity contribution in [2.24, 2.45) is 0 Å². The Morgan fingerprint density at radius 3 is 2.26 bits per heavy atom. The van der Waals surface area contributed by atoms with E-state index in [0.29, 0.717) is 35.8 Å². The van der Waals surface area contributed by atoms with Crippen molar-refractivity contribution in [2.45, 2.75) is 17.7 Å². The lowest BCUT2D eigenvalue weighted by molar-refractivity contribution is 0.102. The summed E-state index contributed by atoms with van der Waals surface area (Å²) in [5.74, 6) is 0.710. The molecule has 0 saturated carbocycles. The fourth-order valence-corrected chi connectivity index (χ4v) is 4.48. The Balaban J connectivity index is 1.78. The van der Waals surface area contributed by atoms with Crippen molar-refractivity contribution in [2.75, 3.05) is 32.6 Å². The number of anilines is 1. The number of nitrogens with zero attached hydrogens (tertiary/aromatic N) is 1. The number of hydrogen-bond donors (Lipinski definition) is 1. The number of benzene rings is 2.